The van der Waals surface area contributed by atoms with Crippen molar-refractivity contribution in [3.8, 4) is 11.5 Å². The summed E-state index contributed by atoms with van der Waals surface area (Å²) in [5.41, 5.74) is 0.464. The van der Waals surface area contributed by atoms with Crippen LogP contribution >= 0.6 is 0 Å². The van der Waals surface area contributed by atoms with Crippen molar-refractivity contribution in [3.63, 3.8) is 0 Å². The first-order valence-electron chi connectivity index (χ1n) is 7.69. The molecule has 0 aliphatic heterocycles. The van der Waals surface area contributed by atoms with Crippen molar-refractivity contribution in [2.45, 2.75) is 19.4 Å². The van der Waals surface area contributed by atoms with Crippen molar-refractivity contribution in [3.05, 3.63) is 54.1 Å². The number of halogens is 3. The molecule has 1 N–H and O–H groups in total. The number of nitrogens with one attached hydrogen (secondary N) is 1. The van der Waals surface area contributed by atoms with Gasteiger partial charge in [0.2, 0.25) is 0 Å². The number of benzene rings is 2. The predicted molar refractivity (Wildman–Crippen MR) is 89.6 cm³/mol. The molecule has 6 nitrogen and oxygen atoms in total. The van der Waals surface area contributed by atoms with E-state index in [-0.39, 0.29) is 5.56 Å². The quantitative estimate of drug-likeness (QED) is 0.769. The maximum absolute atomic E-state index is 12.1. The third kappa shape index (κ3) is 6.21. The van der Waals surface area contributed by atoms with Gasteiger partial charge in [-0.1, -0.05) is 0 Å². The molecule has 0 saturated carbocycles. The van der Waals surface area contributed by atoms with Gasteiger partial charge in [-0.2, -0.15) is 0 Å². The van der Waals surface area contributed by atoms with E-state index in [2.05, 4.69) is 10.1 Å². The third-order valence-corrected chi connectivity index (χ3v) is 3.33. The van der Waals surface area contributed by atoms with Crippen molar-refractivity contribution in [2.24, 2.45) is 0 Å². The minimum atomic E-state index is -4.82. The average molecular weight is 383 g/mol. The van der Waals surface area contributed by atoms with E-state index in [1.807, 2.05) is 0 Å². The SMILES string of the molecule is COc1ccc(NC(=O)[C@H](C)OC(=O)c2ccc(OC(F)(F)F)cc2)cc1. The summed E-state index contributed by atoms with van der Waals surface area (Å²) >= 11 is 0. The van der Waals surface area contributed by atoms with E-state index in [1.165, 1.54) is 14.0 Å². The third-order valence-electron chi connectivity index (χ3n) is 3.33. The Labute approximate surface area is 152 Å². The Morgan fingerprint density at radius 3 is 2.04 bits per heavy atom. The van der Waals surface area contributed by atoms with E-state index in [0.717, 1.165) is 24.3 Å². The van der Waals surface area contributed by atoms with E-state index >= 15 is 0 Å². The van der Waals surface area contributed by atoms with Gasteiger partial charge in [0.25, 0.3) is 5.91 Å². The summed E-state index contributed by atoms with van der Waals surface area (Å²) in [6, 6.07) is 10.7. The molecule has 0 aromatic heterocycles. The lowest BCUT2D eigenvalue weighted by molar-refractivity contribution is -0.274. The molecule has 1 amide bonds. The molecule has 2 rings (SSSR count). The summed E-state index contributed by atoms with van der Waals surface area (Å²) in [6.45, 7) is 1.37. The molecule has 0 aliphatic carbocycles. The molecule has 1 atom stereocenters. The van der Waals surface area contributed by atoms with Crippen LogP contribution in [0.15, 0.2) is 48.5 Å². The summed E-state index contributed by atoms with van der Waals surface area (Å²) in [4.78, 5) is 24.1. The molecule has 2 aromatic carbocycles. The number of alkyl halides is 3. The van der Waals surface area contributed by atoms with Crippen molar-refractivity contribution in [1.82, 2.24) is 0 Å². The van der Waals surface area contributed by atoms with Crippen LogP contribution in [0.5, 0.6) is 11.5 Å². The van der Waals surface area contributed by atoms with Gasteiger partial charge in [0.05, 0.1) is 12.7 Å². The lowest BCUT2D eigenvalue weighted by Gasteiger charge is -2.14. The van der Waals surface area contributed by atoms with Crippen LogP contribution < -0.4 is 14.8 Å². The van der Waals surface area contributed by atoms with Gasteiger partial charge in [0.15, 0.2) is 6.10 Å². The Bertz CT molecular complexity index is 788. The van der Waals surface area contributed by atoms with Crippen molar-refractivity contribution >= 4 is 17.6 Å². The van der Waals surface area contributed by atoms with Gasteiger partial charge < -0.3 is 19.5 Å². The maximum atomic E-state index is 12.1. The van der Waals surface area contributed by atoms with Gasteiger partial charge in [-0.15, -0.1) is 13.2 Å². The topological polar surface area (TPSA) is 73.9 Å². The number of amides is 1. The number of ether oxygens (including phenoxy) is 3. The first-order chi connectivity index (χ1) is 12.7. The zero-order valence-corrected chi connectivity index (χ0v) is 14.4. The molecule has 0 saturated heterocycles. The highest BCUT2D eigenvalue weighted by Crippen LogP contribution is 2.23. The average Bonchev–Trinajstić information content (AvgIpc) is 2.61. The first kappa shape index (κ1) is 20.1. The standard InChI is InChI=1S/C18H16F3NO5/c1-11(16(23)22-13-5-9-14(25-2)10-6-13)26-17(24)12-3-7-15(8-4-12)27-18(19,20)21/h3-11H,1-2H3,(H,22,23)/t11-/m0/s1. The zero-order valence-electron chi connectivity index (χ0n) is 14.4. The lowest BCUT2D eigenvalue weighted by atomic mass is 10.2. The number of carbonyl (C=O) groups is 2. The minimum absolute atomic E-state index is 0.0198. The second kappa shape index (κ2) is 8.43. The van der Waals surface area contributed by atoms with E-state index in [4.69, 9.17) is 9.47 Å². The van der Waals surface area contributed by atoms with E-state index in [0.29, 0.717) is 11.4 Å². The number of anilines is 1. The molecule has 0 aliphatic rings. The second-order valence-electron chi connectivity index (χ2n) is 5.34. The van der Waals surface area contributed by atoms with Crippen molar-refractivity contribution in [2.75, 3.05) is 12.4 Å². The van der Waals surface area contributed by atoms with Crippen LogP contribution in [0.4, 0.5) is 18.9 Å². The smallest absolute Gasteiger partial charge is 0.497 e. The van der Waals surface area contributed by atoms with Crippen LogP contribution in [0.2, 0.25) is 0 Å². The summed E-state index contributed by atoms with van der Waals surface area (Å²) in [5, 5.41) is 2.57. The molecule has 0 spiro atoms. The predicted octanol–water partition coefficient (Wildman–Crippen LogP) is 3.78. The number of hydrogen-bond donors (Lipinski definition) is 1. The number of esters is 1. The van der Waals surface area contributed by atoms with Gasteiger partial charge in [-0.05, 0) is 55.5 Å². The largest absolute Gasteiger partial charge is 0.573 e. The molecule has 27 heavy (non-hydrogen) atoms. The van der Waals surface area contributed by atoms with Crippen LogP contribution in [0, 0.1) is 0 Å². The number of rotatable bonds is 6. The van der Waals surface area contributed by atoms with Crippen LogP contribution in [0.1, 0.15) is 17.3 Å². The number of hydrogen-bond acceptors (Lipinski definition) is 5. The van der Waals surface area contributed by atoms with Crippen molar-refractivity contribution in [1.29, 1.82) is 0 Å². The Morgan fingerprint density at radius 1 is 0.963 bits per heavy atom. The molecule has 0 heterocycles. The molecule has 0 unspecified atom stereocenters. The maximum Gasteiger partial charge on any atom is 0.573 e. The normalized spacial score (nSPS) is 12.0. The van der Waals surface area contributed by atoms with Crippen LogP contribution in [0.3, 0.4) is 0 Å². The molecular weight excluding hydrogens is 367 g/mol. The molecular formula is C18H16F3NO5. The lowest BCUT2D eigenvalue weighted by Crippen LogP contribution is -2.30. The molecule has 0 fully saturated rings. The fourth-order valence-corrected chi connectivity index (χ4v) is 1.99. The Kier molecular flexibility index (Phi) is 6.27. The van der Waals surface area contributed by atoms with Crippen LogP contribution in [-0.4, -0.2) is 31.5 Å². The highest BCUT2D eigenvalue weighted by molar-refractivity contribution is 5.97. The summed E-state index contributed by atoms with van der Waals surface area (Å²) < 4.78 is 50.1. The summed E-state index contributed by atoms with van der Waals surface area (Å²) in [7, 11) is 1.51. The Morgan fingerprint density at radius 2 is 1.52 bits per heavy atom. The van der Waals surface area contributed by atoms with Gasteiger partial charge in [0.1, 0.15) is 11.5 Å². The second-order valence-corrected chi connectivity index (χ2v) is 5.34. The van der Waals surface area contributed by atoms with E-state index in [9.17, 15) is 22.8 Å². The fraction of sp³-hybridized carbons (Fsp3) is 0.222. The number of methoxy groups -OCH3 is 1. The monoisotopic (exact) mass is 383 g/mol. The number of carbonyl (C=O) groups excluding carboxylic acids is 2. The highest BCUT2D eigenvalue weighted by atomic mass is 19.4. The van der Waals surface area contributed by atoms with E-state index < -0.39 is 30.1 Å². The van der Waals surface area contributed by atoms with Gasteiger partial charge >= 0.3 is 12.3 Å². The van der Waals surface area contributed by atoms with Gasteiger partial charge in [0, 0.05) is 5.69 Å². The van der Waals surface area contributed by atoms with Gasteiger partial charge in [-0.25, -0.2) is 4.79 Å². The summed E-state index contributed by atoms with van der Waals surface area (Å²) in [5.74, 6) is -1.27. The van der Waals surface area contributed by atoms with Gasteiger partial charge in [-0.3, -0.25) is 4.79 Å². The highest BCUT2D eigenvalue weighted by Gasteiger charge is 2.31. The van der Waals surface area contributed by atoms with Crippen LogP contribution in [-0.2, 0) is 9.53 Å². The molecule has 0 radical (unpaired) electrons. The Balaban J connectivity index is 1.92. The molecule has 2 aromatic rings. The zero-order chi connectivity index (χ0) is 20.0. The van der Waals surface area contributed by atoms with Crippen LogP contribution in [0.25, 0.3) is 0 Å². The van der Waals surface area contributed by atoms with Crippen molar-refractivity contribution < 1.29 is 37.0 Å². The molecule has 0 bridgehead atoms. The first-order valence-corrected chi connectivity index (χ1v) is 7.69. The van der Waals surface area contributed by atoms with E-state index in [1.54, 1.807) is 24.3 Å². The fourth-order valence-electron chi connectivity index (χ4n) is 1.99. The molecule has 9 heteroatoms. The summed E-state index contributed by atoms with van der Waals surface area (Å²) in [6.07, 6.45) is -5.94. The molecule has 144 valence electrons. The minimum Gasteiger partial charge on any atom is -0.497 e. The Hall–Kier alpha value is -3.23.